The molecule has 1 N–H and O–H groups in total. The van der Waals surface area contributed by atoms with Crippen LogP contribution in [0.4, 0.5) is 0 Å². The molecule has 0 amide bonds. The molecule has 1 aliphatic heterocycles. The van der Waals surface area contributed by atoms with Gasteiger partial charge in [-0.1, -0.05) is 13.0 Å². The van der Waals surface area contributed by atoms with Crippen molar-refractivity contribution in [3.05, 3.63) is 12.2 Å². The number of aliphatic hydroxyl groups is 1. The van der Waals surface area contributed by atoms with E-state index in [1.165, 1.54) is 0 Å². The predicted molar refractivity (Wildman–Crippen MR) is 41.1 cm³/mol. The predicted octanol–water partition coefficient (Wildman–Crippen LogP) is 0.685. The Labute approximate surface area is 66.6 Å². The molecule has 0 bridgehead atoms. The van der Waals surface area contributed by atoms with Gasteiger partial charge in [-0.3, -0.25) is 0 Å². The summed E-state index contributed by atoms with van der Waals surface area (Å²) in [6.07, 6.45) is 3.34. The van der Waals surface area contributed by atoms with Crippen molar-refractivity contribution in [2.75, 3.05) is 7.11 Å². The molecule has 0 aromatic carbocycles. The molecular formula is C8H14O3. The molecule has 3 unspecified atom stereocenters. The summed E-state index contributed by atoms with van der Waals surface area (Å²) in [5.74, 6) is 0. The molecule has 3 heteroatoms. The molecular weight excluding hydrogens is 144 g/mol. The van der Waals surface area contributed by atoms with Crippen LogP contribution in [0, 0.1) is 0 Å². The van der Waals surface area contributed by atoms with Crippen LogP contribution < -0.4 is 0 Å². The third-order valence-electron chi connectivity index (χ3n) is 1.79. The summed E-state index contributed by atoms with van der Waals surface area (Å²) in [7, 11) is 1.58. The Morgan fingerprint density at radius 2 is 2.27 bits per heavy atom. The smallest absolute Gasteiger partial charge is 0.177 e. The molecule has 64 valence electrons. The van der Waals surface area contributed by atoms with Crippen LogP contribution >= 0.6 is 0 Å². The van der Waals surface area contributed by atoms with E-state index in [9.17, 15) is 5.11 Å². The van der Waals surface area contributed by atoms with Crippen LogP contribution in [-0.4, -0.2) is 30.7 Å². The molecule has 0 saturated heterocycles. The van der Waals surface area contributed by atoms with Crippen LogP contribution in [0.5, 0.6) is 0 Å². The molecule has 11 heavy (non-hydrogen) atoms. The second kappa shape index (κ2) is 3.85. The summed E-state index contributed by atoms with van der Waals surface area (Å²) in [6.45, 7) is 1.97. The van der Waals surface area contributed by atoms with E-state index in [-0.39, 0.29) is 12.4 Å². The van der Waals surface area contributed by atoms with Crippen LogP contribution in [-0.2, 0) is 9.47 Å². The summed E-state index contributed by atoms with van der Waals surface area (Å²) >= 11 is 0. The maximum atomic E-state index is 9.31. The molecule has 0 saturated carbocycles. The highest BCUT2D eigenvalue weighted by molar-refractivity contribution is 4.99. The van der Waals surface area contributed by atoms with Gasteiger partial charge >= 0.3 is 0 Å². The highest BCUT2D eigenvalue weighted by Crippen LogP contribution is 2.15. The molecule has 0 spiro atoms. The van der Waals surface area contributed by atoms with Crippen LogP contribution in [0.15, 0.2) is 12.2 Å². The van der Waals surface area contributed by atoms with Gasteiger partial charge in [0.25, 0.3) is 0 Å². The van der Waals surface area contributed by atoms with Crippen molar-refractivity contribution in [3.63, 3.8) is 0 Å². The fourth-order valence-corrected chi connectivity index (χ4v) is 1.10. The topological polar surface area (TPSA) is 38.7 Å². The monoisotopic (exact) mass is 158 g/mol. The summed E-state index contributed by atoms with van der Waals surface area (Å²) in [6, 6.07) is 0. The van der Waals surface area contributed by atoms with Crippen molar-refractivity contribution in [2.24, 2.45) is 0 Å². The second-order valence-electron chi connectivity index (χ2n) is 2.56. The van der Waals surface area contributed by atoms with Crippen molar-refractivity contribution >= 4 is 0 Å². The lowest BCUT2D eigenvalue weighted by Crippen LogP contribution is -2.35. The van der Waals surface area contributed by atoms with Crippen molar-refractivity contribution in [2.45, 2.75) is 31.8 Å². The van der Waals surface area contributed by atoms with E-state index in [2.05, 4.69) is 0 Å². The SMILES string of the molecule is CCC1OC(OC)C=CC1O. The van der Waals surface area contributed by atoms with Gasteiger partial charge in [0.2, 0.25) is 0 Å². The van der Waals surface area contributed by atoms with Crippen LogP contribution in [0.3, 0.4) is 0 Å². The van der Waals surface area contributed by atoms with Gasteiger partial charge < -0.3 is 14.6 Å². The zero-order valence-corrected chi connectivity index (χ0v) is 6.86. The van der Waals surface area contributed by atoms with Gasteiger partial charge in [-0.2, -0.15) is 0 Å². The minimum absolute atomic E-state index is 0.120. The largest absolute Gasteiger partial charge is 0.386 e. The Hall–Kier alpha value is -0.380. The number of methoxy groups -OCH3 is 1. The van der Waals surface area contributed by atoms with Gasteiger partial charge in [-0.25, -0.2) is 0 Å². The number of aliphatic hydroxyl groups excluding tert-OH is 1. The second-order valence-corrected chi connectivity index (χ2v) is 2.56. The Kier molecular flexibility index (Phi) is 3.05. The fourth-order valence-electron chi connectivity index (χ4n) is 1.10. The zero-order chi connectivity index (χ0) is 8.27. The van der Waals surface area contributed by atoms with E-state index in [4.69, 9.17) is 9.47 Å². The molecule has 0 aromatic rings. The van der Waals surface area contributed by atoms with Crippen molar-refractivity contribution in [1.29, 1.82) is 0 Å². The van der Waals surface area contributed by atoms with Gasteiger partial charge in [0.1, 0.15) is 0 Å². The molecule has 0 radical (unpaired) electrons. The lowest BCUT2D eigenvalue weighted by atomic mass is 10.1. The number of hydrogen-bond acceptors (Lipinski definition) is 3. The first-order valence-corrected chi connectivity index (χ1v) is 3.82. The average Bonchev–Trinajstić information content (AvgIpc) is 2.05. The van der Waals surface area contributed by atoms with E-state index in [0.717, 1.165) is 6.42 Å². The van der Waals surface area contributed by atoms with Gasteiger partial charge in [-0.15, -0.1) is 0 Å². The standard InChI is InChI=1S/C8H14O3/c1-3-7-6(9)4-5-8(10-2)11-7/h4-9H,3H2,1-2H3. The van der Waals surface area contributed by atoms with E-state index in [1.54, 1.807) is 19.3 Å². The van der Waals surface area contributed by atoms with Crippen LogP contribution in [0.25, 0.3) is 0 Å². The van der Waals surface area contributed by atoms with Gasteiger partial charge in [0.15, 0.2) is 6.29 Å². The third kappa shape index (κ3) is 2.02. The van der Waals surface area contributed by atoms with Crippen LogP contribution in [0.2, 0.25) is 0 Å². The van der Waals surface area contributed by atoms with Crippen molar-refractivity contribution in [1.82, 2.24) is 0 Å². The number of rotatable bonds is 2. The lowest BCUT2D eigenvalue weighted by Gasteiger charge is -2.27. The molecule has 0 fully saturated rings. The first-order valence-electron chi connectivity index (χ1n) is 3.82. The Balaban J connectivity index is 2.52. The Bertz CT molecular complexity index is 144. The molecule has 1 rings (SSSR count). The minimum Gasteiger partial charge on any atom is -0.386 e. The number of hydrogen-bond donors (Lipinski definition) is 1. The van der Waals surface area contributed by atoms with Crippen molar-refractivity contribution < 1.29 is 14.6 Å². The molecule has 1 aliphatic rings. The summed E-state index contributed by atoms with van der Waals surface area (Å²) in [5.41, 5.74) is 0. The molecule has 0 aliphatic carbocycles. The van der Waals surface area contributed by atoms with E-state index < -0.39 is 6.10 Å². The molecule has 3 atom stereocenters. The van der Waals surface area contributed by atoms with Gasteiger partial charge in [0, 0.05) is 7.11 Å². The first-order chi connectivity index (χ1) is 5.27. The highest BCUT2D eigenvalue weighted by atomic mass is 16.7. The third-order valence-corrected chi connectivity index (χ3v) is 1.79. The summed E-state index contributed by atoms with van der Waals surface area (Å²) in [5, 5.41) is 9.31. The van der Waals surface area contributed by atoms with Crippen LogP contribution in [0.1, 0.15) is 13.3 Å². The first kappa shape index (κ1) is 8.71. The quantitative estimate of drug-likeness (QED) is 0.601. The van der Waals surface area contributed by atoms with E-state index in [1.807, 2.05) is 6.92 Å². The summed E-state index contributed by atoms with van der Waals surface area (Å²) in [4.78, 5) is 0. The van der Waals surface area contributed by atoms with Crippen molar-refractivity contribution in [3.8, 4) is 0 Å². The van der Waals surface area contributed by atoms with Gasteiger partial charge in [0.05, 0.1) is 12.2 Å². The summed E-state index contributed by atoms with van der Waals surface area (Å²) < 4.78 is 10.3. The maximum Gasteiger partial charge on any atom is 0.177 e. The van der Waals surface area contributed by atoms with E-state index >= 15 is 0 Å². The maximum absolute atomic E-state index is 9.31. The molecule has 0 aromatic heterocycles. The minimum atomic E-state index is -0.480. The fraction of sp³-hybridized carbons (Fsp3) is 0.750. The molecule has 3 nitrogen and oxygen atoms in total. The highest BCUT2D eigenvalue weighted by Gasteiger charge is 2.23. The lowest BCUT2D eigenvalue weighted by molar-refractivity contribution is -0.158. The number of ether oxygens (including phenoxy) is 2. The van der Waals surface area contributed by atoms with E-state index in [0.29, 0.717) is 0 Å². The average molecular weight is 158 g/mol. The Morgan fingerprint density at radius 1 is 1.55 bits per heavy atom. The zero-order valence-electron chi connectivity index (χ0n) is 6.86. The molecule has 1 heterocycles. The Morgan fingerprint density at radius 3 is 2.82 bits per heavy atom. The van der Waals surface area contributed by atoms with Gasteiger partial charge in [-0.05, 0) is 12.5 Å². The normalized spacial score (nSPS) is 37.5.